The van der Waals surface area contributed by atoms with Gasteiger partial charge in [0.25, 0.3) is 0 Å². The zero-order valence-corrected chi connectivity index (χ0v) is 13.7. The van der Waals surface area contributed by atoms with Crippen LogP contribution in [-0.2, 0) is 14.3 Å². The minimum atomic E-state index is -0.844. The summed E-state index contributed by atoms with van der Waals surface area (Å²) >= 11 is 0. The number of ether oxygens (including phenoxy) is 1. The van der Waals surface area contributed by atoms with E-state index in [2.05, 4.69) is 13.8 Å². The van der Waals surface area contributed by atoms with Gasteiger partial charge in [-0.15, -0.1) is 0 Å². The molecule has 0 heterocycles. The van der Waals surface area contributed by atoms with E-state index in [0.717, 1.165) is 31.6 Å². The van der Waals surface area contributed by atoms with Gasteiger partial charge in [-0.25, -0.2) is 0 Å². The van der Waals surface area contributed by atoms with Crippen molar-refractivity contribution in [3.63, 3.8) is 0 Å². The lowest BCUT2D eigenvalue weighted by molar-refractivity contribution is -0.165. The Hall–Kier alpha value is -1.06. The van der Waals surface area contributed by atoms with E-state index in [9.17, 15) is 14.7 Å². The van der Waals surface area contributed by atoms with Gasteiger partial charge in [0, 0.05) is 6.92 Å². The summed E-state index contributed by atoms with van der Waals surface area (Å²) in [7, 11) is 0. The summed E-state index contributed by atoms with van der Waals surface area (Å²) < 4.78 is 5.28. The molecule has 0 spiro atoms. The number of hydrogen-bond acceptors (Lipinski definition) is 3. The minimum Gasteiger partial charge on any atom is -0.481 e. The number of esters is 1. The van der Waals surface area contributed by atoms with Crippen molar-refractivity contribution < 1.29 is 19.4 Å². The molecule has 2 unspecified atom stereocenters. The molecule has 1 rings (SSSR count). The van der Waals surface area contributed by atoms with Crippen molar-refractivity contribution in [1.82, 2.24) is 0 Å². The molecule has 0 amide bonds. The van der Waals surface area contributed by atoms with Crippen LogP contribution in [0.2, 0.25) is 0 Å². The number of rotatable bonds is 9. The first kappa shape index (κ1) is 18.0. The van der Waals surface area contributed by atoms with Gasteiger partial charge in [0.1, 0.15) is 11.5 Å². The molecular weight excluding hydrogens is 268 g/mol. The number of unbranched alkanes of at least 4 members (excludes halogenated alkanes) is 3. The second-order valence-corrected chi connectivity index (χ2v) is 6.80. The summed E-state index contributed by atoms with van der Waals surface area (Å²) in [4.78, 5) is 22.9. The Morgan fingerprint density at radius 2 is 1.90 bits per heavy atom. The number of carbonyl (C=O) groups excluding carboxylic acids is 1. The highest BCUT2D eigenvalue weighted by Gasteiger charge is 2.50. The topological polar surface area (TPSA) is 63.6 Å². The van der Waals surface area contributed by atoms with Crippen LogP contribution in [0.3, 0.4) is 0 Å². The molecule has 0 radical (unpaired) electrons. The van der Waals surface area contributed by atoms with Gasteiger partial charge < -0.3 is 9.84 Å². The molecule has 4 nitrogen and oxygen atoms in total. The van der Waals surface area contributed by atoms with Crippen molar-refractivity contribution in [2.75, 3.05) is 0 Å². The zero-order chi connectivity index (χ0) is 15.9. The van der Waals surface area contributed by atoms with E-state index < -0.39 is 17.5 Å². The summed E-state index contributed by atoms with van der Waals surface area (Å²) in [6.45, 7) is 5.81. The molecule has 1 fully saturated rings. The first-order valence-corrected chi connectivity index (χ1v) is 8.29. The molecule has 0 bridgehead atoms. The lowest BCUT2D eigenvalue weighted by Gasteiger charge is -2.30. The molecule has 1 N–H and O–H groups in total. The highest BCUT2D eigenvalue weighted by molar-refractivity contribution is 5.77. The van der Waals surface area contributed by atoms with Crippen molar-refractivity contribution >= 4 is 11.9 Å². The maximum absolute atomic E-state index is 11.7. The third kappa shape index (κ3) is 5.33. The monoisotopic (exact) mass is 298 g/mol. The van der Waals surface area contributed by atoms with Crippen LogP contribution in [0.15, 0.2) is 0 Å². The average molecular weight is 298 g/mol. The summed E-state index contributed by atoms with van der Waals surface area (Å²) in [5, 5.41) is 9.63. The molecule has 0 aromatic carbocycles. The minimum absolute atomic E-state index is 0.371. The van der Waals surface area contributed by atoms with Gasteiger partial charge in [-0.05, 0) is 31.6 Å². The maximum Gasteiger partial charge on any atom is 0.313 e. The molecule has 1 aliphatic rings. The van der Waals surface area contributed by atoms with Crippen LogP contribution >= 0.6 is 0 Å². The fourth-order valence-corrected chi connectivity index (χ4v) is 3.40. The summed E-state index contributed by atoms with van der Waals surface area (Å²) in [5.74, 6) is -0.434. The van der Waals surface area contributed by atoms with Crippen molar-refractivity contribution in [3.8, 4) is 0 Å². The van der Waals surface area contributed by atoms with Crippen molar-refractivity contribution in [1.29, 1.82) is 0 Å². The Balaban J connectivity index is 2.45. The number of hydrogen-bond donors (Lipinski definition) is 1. The van der Waals surface area contributed by atoms with Crippen molar-refractivity contribution in [2.24, 2.45) is 11.3 Å². The lowest BCUT2D eigenvalue weighted by Crippen LogP contribution is -2.40. The first-order chi connectivity index (χ1) is 9.88. The molecule has 2 atom stereocenters. The Morgan fingerprint density at radius 1 is 1.24 bits per heavy atom. The van der Waals surface area contributed by atoms with Gasteiger partial charge in [-0.1, -0.05) is 46.0 Å². The summed E-state index contributed by atoms with van der Waals surface area (Å²) in [6, 6.07) is 0. The smallest absolute Gasteiger partial charge is 0.313 e. The zero-order valence-electron chi connectivity index (χ0n) is 13.7. The Labute approximate surface area is 128 Å². The van der Waals surface area contributed by atoms with E-state index in [4.69, 9.17) is 4.74 Å². The highest BCUT2D eigenvalue weighted by atomic mass is 16.5. The number of carboxylic acid groups (broad SMARTS) is 1. The van der Waals surface area contributed by atoms with Crippen molar-refractivity contribution in [3.05, 3.63) is 0 Å². The largest absolute Gasteiger partial charge is 0.481 e. The van der Waals surface area contributed by atoms with Crippen molar-refractivity contribution in [2.45, 2.75) is 84.7 Å². The molecule has 0 saturated heterocycles. The second-order valence-electron chi connectivity index (χ2n) is 6.80. The average Bonchev–Trinajstić information content (AvgIpc) is 2.76. The van der Waals surface area contributed by atoms with E-state index >= 15 is 0 Å². The van der Waals surface area contributed by atoms with E-state index in [1.54, 1.807) is 0 Å². The predicted octanol–water partition coefficient (Wildman–Crippen LogP) is 4.17. The van der Waals surface area contributed by atoms with Gasteiger partial charge >= 0.3 is 11.9 Å². The molecule has 122 valence electrons. The van der Waals surface area contributed by atoms with E-state index in [0.29, 0.717) is 19.3 Å². The molecule has 0 aromatic rings. The highest BCUT2D eigenvalue weighted by Crippen LogP contribution is 2.44. The third-order valence-electron chi connectivity index (χ3n) is 4.59. The van der Waals surface area contributed by atoms with Gasteiger partial charge in [0.15, 0.2) is 0 Å². The lowest BCUT2D eigenvalue weighted by atomic mass is 9.79. The SMILES string of the molecule is CC(=O)OC1CCCC1(CCCCCCC(C)C)C(=O)O. The maximum atomic E-state index is 11.7. The second kappa shape index (κ2) is 8.40. The number of aliphatic carboxylic acids is 1. The van der Waals surface area contributed by atoms with Crippen LogP contribution in [0.4, 0.5) is 0 Å². The predicted molar refractivity (Wildman–Crippen MR) is 82.0 cm³/mol. The van der Waals surface area contributed by atoms with Gasteiger partial charge in [-0.3, -0.25) is 9.59 Å². The first-order valence-electron chi connectivity index (χ1n) is 8.29. The van der Waals surface area contributed by atoms with Gasteiger partial charge in [0.05, 0.1) is 0 Å². The van der Waals surface area contributed by atoms with E-state index in [-0.39, 0.29) is 5.97 Å². The third-order valence-corrected chi connectivity index (χ3v) is 4.59. The Kier molecular flexibility index (Phi) is 7.20. The molecular formula is C17H30O4. The standard InChI is InChI=1S/C17H30O4/c1-13(2)9-6-4-5-7-11-17(16(19)20)12-8-10-15(17)21-14(3)18/h13,15H,4-12H2,1-3H3,(H,19,20). The normalized spacial score (nSPS) is 25.2. The van der Waals surface area contributed by atoms with Crippen LogP contribution in [0.5, 0.6) is 0 Å². The Morgan fingerprint density at radius 3 is 2.48 bits per heavy atom. The molecule has 1 aliphatic carbocycles. The van der Waals surface area contributed by atoms with Gasteiger partial charge in [0.2, 0.25) is 0 Å². The van der Waals surface area contributed by atoms with Crippen LogP contribution in [0.1, 0.15) is 78.6 Å². The van der Waals surface area contributed by atoms with E-state index in [1.807, 2.05) is 0 Å². The molecule has 0 aromatic heterocycles. The number of carboxylic acids is 1. The number of carbonyl (C=O) groups is 2. The Bertz CT molecular complexity index is 351. The van der Waals surface area contributed by atoms with E-state index in [1.165, 1.54) is 19.8 Å². The fraction of sp³-hybridized carbons (Fsp3) is 0.882. The van der Waals surface area contributed by atoms with Crippen LogP contribution in [0, 0.1) is 11.3 Å². The molecule has 0 aliphatic heterocycles. The van der Waals surface area contributed by atoms with Gasteiger partial charge in [-0.2, -0.15) is 0 Å². The quantitative estimate of drug-likeness (QED) is 0.512. The summed E-state index contributed by atoms with van der Waals surface area (Å²) in [5.41, 5.74) is -0.844. The van der Waals surface area contributed by atoms with Crippen LogP contribution < -0.4 is 0 Å². The van der Waals surface area contributed by atoms with Crippen LogP contribution in [-0.4, -0.2) is 23.1 Å². The fourth-order valence-electron chi connectivity index (χ4n) is 3.40. The molecule has 1 saturated carbocycles. The summed E-state index contributed by atoms with van der Waals surface area (Å²) in [6.07, 6.45) is 7.90. The molecule has 21 heavy (non-hydrogen) atoms. The molecule has 4 heteroatoms. The van der Waals surface area contributed by atoms with Crippen LogP contribution in [0.25, 0.3) is 0 Å².